The number of aromatic nitrogens is 2. The van der Waals surface area contributed by atoms with E-state index in [0.717, 1.165) is 26.8 Å². The number of halogens is 2. The number of hydrogen-bond acceptors (Lipinski definition) is 8. The summed E-state index contributed by atoms with van der Waals surface area (Å²) in [5.41, 5.74) is 1.92. The number of carbonyl (C=O) groups is 2. The van der Waals surface area contributed by atoms with Gasteiger partial charge in [0.05, 0.1) is 11.6 Å². The largest absolute Gasteiger partial charge is 0.503 e. The lowest BCUT2D eigenvalue weighted by Gasteiger charge is -2.24. The number of anilines is 1. The first kappa shape index (κ1) is 25.5. The molecule has 194 valence electrons. The van der Waals surface area contributed by atoms with E-state index in [2.05, 4.69) is 26.1 Å². The Hall–Kier alpha value is -3.80. The summed E-state index contributed by atoms with van der Waals surface area (Å²) in [7, 11) is 0. The van der Waals surface area contributed by atoms with Gasteiger partial charge in [0, 0.05) is 15.6 Å². The van der Waals surface area contributed by atoms with Crippen molar-refractivity contribution in [3.05, 3.63) is 117 Å². The number of furan rings is 1. The smallest absolute Gasteiger partial charge is 0.296 e. The summed E-state index contributed by atoms with van der Waals surface area (Å²) < 4.78 is 20.3. The minimum absolute atomic E-state index is 0.0141. The first-order chi connectivity index (χ1) is 18.9. The van der Waals surface area contributed by atoms with Gasteiger partial charge in [-0.05, 0) is 47.5 Å². The van der Waals surface area contributed by atoms with Crippen LogP contribution < -0.4 is 4.90 Å². The Balaban J connectivity index is 1.36. The number of fused-ring (bicyclic) bond motifs is 1. The highest BCUT2D eigenvalue weighted by molar-refractivity contribution is 9.10. The van der Waals surface area contributed by atoms with Crippen molar-refractivity contribution in [3.63, 3.8) is 0 Å². The summed E-state index contributed by atoms with van der Waals surface area (Å²) in [5.74, 6) is -1.79. The Morgan fingerprint density at radius 3 is 2.64 bits per heavy atom. The van der Waals surface area contributed by atoms with Crippen LogP contribution in [0.15, 0.2) is 103 Å². The van der Waals surface area contributed by atoms with Gasteiger partial charge in [-0.2, -0.15) is 0 Å². The summed E-state index contributed by atoms with van der Waals surface area (Å²) in [6.45, 7) is 0. The molecule has 0 fully saturated rings. The van der Waals surface area contributed by atoms with Crippen LogP contribution in [0.3, 0.4) is 0 Å². The fraction of sp³-hybridized carbons (Fsp3) is 0.0714. The number of ketones is 1. The van der Waals surface area contributed by atoms with Crippen LogP contribution in [-0.4, -0.2) is 27.0 Å². The fourth-order valence-electron chi connectivity index (χ4n) is 4.34. The molecule has 11 heteroatoms. The molecule has 39 heavy (non-hydrogen) atoms. The van der Waals surface area contributed by atoms with Gasteiger partial charge in [0.25, 0.3) is 5.91 Å². The summed E-state index contributed by atoms with van der Waals surface area (Å²) in [6, 6.07) is 21.1. The van der Waals surface area contributed by atoms with Crippen LogP contribution in [0.5, 0.6) is 0 Å². The zero-order chi connectivity index (χ0) is 27.1. The molecule has 1 aliphatic rings. The minimum Gasteiger partial charge on any atom is -0.503 e. The third kappa shape index (κ3) is 4.88. The molecule has 0 spiro atoms. The number of Topliss-reactive ketones (excluding diaryl/α,β-unsaturated/α-hetero) is 1. The first-order valence-corrected chi connectivity index (χ1v) is 14.2. The summed E-state index contributed by atoms with van der Waals surface area (Å²) in [6.07, 6.45) is 0. The van der Waals surface area contributed by atoms with Crippen molar-refractivity contribution in [3.8, 4) is 0 Å². The van der Waals surface area contributed by atoms with E-state index in [0.29, 0.717) is 21.2 Å². The molecule has 0 saturated heterocycles. The zero-order valence-electron chi connectivity index (χ0n) is 19.9. The topological polar surface area (TPSA) is 96.5 Å². The standard InChI is InChI=1S/C28H17BrFN3O4S2/c29-18-6-3-5-17(12-18)23-22(24(34)21-13-16-4-1-2-7-20(16)37-21)25(35)26(36)33(23)27-31-32-28(39-27)38-14-15-8-10-19(30)11-9-15/h1-13,23,35H,14H2/t23-/m1/s1. The summed E-state index contributed by atoms with van der Waals surface area (Å²) in [4.78, 5) is 28.5. The molecule has 6 rings (SSSR count). The average molecular weight is 622 g/mol. The van der Waals surface area contributed by atoms with Gasteiger partial charge in [0.2, 0.25) is 10.9 Å². The van der Waals surface area contributed by atoms with Crippen LogP contribution in [0, 0.1) is 5.82 Å². The highest BCUT2D eigenvalue weighted by Gasteiger charge is 2.46. The van der Waals surface area contributed by atoms with E-state index in [1.165, 1.54) is 28.8 Å². The molecule has 1 aliphatic heterocycles. The number of para-hydroxylation sites is 1. The predicted octanol–water partition coefficient (Wildman–Crippen LogP) is 7.26. The molecule has 1 amide bonds. The number of nitrogens with zero attached hydrogens (tertiary/aromatic N) is 3. The van der Waals surface area contributed by atoms with E-state index in [9.17, 15) is 19.1 Å². The second kappa shape index (κ2) is 10.4. The molecule has 7 nitrogen and oxygen atoms in total. The van der Waals surface area contributed by atoms with Crippen molar-refractivity contribution in [1.29, 1.82) is 0 Å². The number of hydrogen-bond donors (Lipinski definition) is 1. The minimum atomic E-state index is -0.960. The Bertz CT molecular complexity index is 1730. The average Bonchev–Trinajstić information content (AvgIpc) is 3.64. The van der Waals surface area contributed by atoms with Crippen molar-refractivity contribution < 1.29 is 23.5 Å². The molecule has 1 atom stereocenters. The van der Waals surface area contributed by atoms with Gasteiger partial charge in [-0.15, -0.1) is 10.2 Å². The van der Waals surface area contributed by atoms with Gasteiger partial charge in [-0.1, -0.05) is 81.5 Å². The maximum Gasteiger partial charge on any atom is 0.296 e. The van der Waals surface area contributed by atoms with Gasteiger partial charge in [-0.3, -0.25) is 14.5 Å². The third-order valence-electron chi connectivity index (χ3n) is 6.14. The first-order valence-electron chi connectivity index (χ1n) is 11.7. The van der Waals surface area contributed by atoms with E-state index in [1.807, 2.05) is 18.2 Å². The van der Waals surface area contributed by atoms with Crippen molar-refractivity contribution in [2.75, 3.05) is 4.90 Å². The zero-order valence-corrected chi connectivity index (χ0v) is 23.1. The van der Waals surface area contributed by atoms with Crippen LogP contribution in [0.2, 0.25) is 0 Å². The molecular formula is C28H17BrFN3O4S2. The predicted molar refractivity (Wildman–Crippen MR) is 150 cm³/mol. The number of benzene rings is 3. The lowest BCUT2D eigenvalue weighted by molar-refractivity contribution is -0.117. The quantitative estimate of drug-likeness (QED) is 0.116. The Kier molecular flexibility index (Phi) is 6.79. The fourth-order valence-corrected chi connectivity index (χ4v) is 6.58. The van der Waals surface area contributed by atoms with Crippen molar-refractivity contribution >= 4 is 66.8 Å². The maximum absolute atomic E-state index is 13.7. The number of amides is 1. The third-order valence-corrected chi connectivity index (χ3v) is 8.76. The molecular weight excluding hydrogens is 605 g/mol. The number of aliphatic hydroxyl groups is 1. The van der Waals surface area contributed by atoms with Crippen molar-refractivity contribution in [2.45, 2.75) is 16.1 Å². The molecule has 5 aromatic rings. The molecule has 2 aromatic heterocycles. The van der Waals surface area contributed by atoms with E-state index >= 15 is 0 Å². The second-order valence-corrected chi connectivity index (χ2v) is 11.7. The second-order valence-electron chi connectivity index (χ2n) is 8.64. The highest BCUT2D eigenvalue weighted by atomic mass is 79.9. The van der Waals surface area contributed by atoms with E-state index in [-0.39, 0.29) is 22.3 Å². The summed E-state index contributed by atoms with van der Waals surface area (Å²) in [5, 5.41) is 20.4. The van der Waals surface area contributed by atoms with Crippen LogP contribution in [0.1, 0.15) is 27.7 Å². The number of rotatable bonds is 7. The van der Waals surface area contributed by atoms with Gasteiger partial charge < -0.3 is 9.52 Å². The van der Waals surface area contributed by atoms with E-state index < -0.39 is 23.5 Å². The van der Waals surface area contributed by atoms with Gasteiger partial charge in [-0.25, -0.2) is 4.39 Å². The highest BCUT2D eigenvalue weighted by Crippen LogP contribution is 2.44. The molecule has 3 aromatic carbocycles. The monoisotopic (exact) mass is 621 g/mol. The van der Waals surface area contributed by atoms with Gasteiger partial charge in [0.15, 0.2) is 15.9 Å². The van der Waals surface area contributed by atoms with E-state index in [4.69, 9.17) is 4.42 Å². The number of aliphatic hydroxyl groups excluding tert-OH is 1. The van der Waals surface area contributed by atoms with Gasteiger partial charge in [0.1, 0.15) is 11.4 Å². The normalized spacial score (nSPS) is 15.5. The Morgan fingerprint density at radius 2 is 1.87 bits per heavy atom. The lowest BCUT2D eigenvalue weighted by atomic mass is 9.95. The van der Waals surface area contributed by atoms with Crippen molar-refractivity contribution in [1.82, 2.24) is 10.2 Å². The van der Waals surface area contributed by atoms with Crippen LogP contribution in [0.25, 0.3) is 11.0 Å². The molecule has 0 bridgehead atoms. The lowest BCUT2D eigenvalue weighted by Crippen LogP contribution is -2.31. The maximum atomic E-state index is 13.7. The van der Waals surface area contributed by atoms with E-state index in [1.54, 1.807) is 48.5 Å². The summed E-state index contributed by atoms with van der Waals surface area (Å²) >= 11 is 6.00. The molecule has 0 radical (unpaired) electrons. The van der Waals surface area contributed by atoms with Crippen molar-refractivity contribution in [2.24, 2.45) is 0 Å². The van der Waals surface area contributed by atoms with Crippen LogP contribution >= 0.6 is 39.0 Å². The van der Waals surface area contributed by atoms with Crippen LogP contribution in [0.4, 0.5) is 9.52 Å². The number of thioether (sulfide) groups is 1. The molecule has 1 N–H and O–H groups in total. The Morgan fingerprint density at radius 1 is 1.08 bits per heavy atom. The SMILES string of the molecule is O=C(C1=C(O)C(=O)N(c2nnc(SCc3ccc(F)cc3)s2)[C@@H]1c1cccc(Br)c1)c1cc2ccccc2o1. The molecule has 3 heterocycles. The molecule has 0 saturated carbocycles. The molecule has 0 unspecified atom stereocenters. The Labute approximate surface area is 238 Å². The number of carbonyl (C=O) groups excluding carboxylic acids is 2. The molecule has 0 aliphatic carbocycles. The van der Waals surface area contributed by atoms with Gasteiger partial charge >= 0.3 is 0 Å². The van der Waals surface area contributed by atoms with Crippen LogP contribution in [-0.2, 0) is 10.5 Å².